The Morgan fingerprint density at radius 2 is 1.44 bits per heavy atom. The SMILES string of the molecule is Cc1ccccc1-c1c(O)ccc(O)c1C. The highest BCUT2D eigenvalue weighted by Gasteiger charge is 2.12. The van der Waals surface area contributed by atoms with E-state index in [0.717, 1.165) is 11.1 Å². The number of aryl methyl sites for hydroxylation is 1. The Morgan fingerprint density at radius 3 is 2.12 bits per heavy atom. The van der Waals surface area contributed by atoms with E-state index in [4.69, 9.17) is 0 Å². The quantitative estimate of drug-likeness (QED) is 0.714. The lowest BCUT2D eigenvalue weighted by Gasteiger charge is -2.12. The average molecular weight is 214 g/mol. The van der Waals surface area contributed by atoms with Crippen molar-refractivity contribution in [2.24, 2.45) is 0 Å². The number of phenolic OH excluding ortho intramolecular Hbond substituents is 2. The normalized spacial score (nSPS) is 10.4. The van der Waals surface area contributed by atoms with Crippen molar-refractivity contribution in [3.05, 3.63) is 47.5 Å². The largest absolute Gasteiger partial charge is 0.508 e. The number of phenols is 2. The van der Waals surface area contributed by atoms with Gasteiger partial charge in [0.05, 0.1) is 0 Å². The predicted molar refractivity (Wildman–Crippen MR) is 64.7 cm³/mol. The molecular weight excluding hydrogens is 200 g/mol. The molecule has 2 rings (SSSR count). The lowest BCUT2D eigenvalue weighted by Crippen LogP contribution is -1.88. The van der Waals surface area contributed by atoms with E-state index in [-0.39, 0.29) is 11.5 Å². The average Bonchev–Trinajstić information content (AvgIpc) is 2.27. The first kappa shape index (κ1) is 10.6. The topological polar surface area (TPSA) is 40.5 Å². The number of hydrogen-bond acceptors (Lipinski definition) is 2. The molecule has 2 aromatic rings. The first-order valence-corrected chi connectivity index (χ1v) is 5.19. The third kappa shape index (κ3) is 1.63. The Bertz CT molecular complexity index is 530. The standard InChI is InChI=1S/C14H14O2/c1-9-5-3-4-6-11(9)14-10(2)12(15)7-8-13(14)16/h3-8,15-16H,1-2H3. The molecule has 0 atom stereocenters. The van der Waals surface area contributed by atoms with Gasteiger partial charge in [0.25, 0.3) is 0 Å². The van der Waals surface area contributed by atoms with Gasteiger partial charge in [0.1, 0.15) is 11.5 Å². The molecule has 16 heavy (non-hydrogen) atoms. The fraction of sp³-hybridized carbons (Fsp3) is 0.143. The van der Waals surface area contributed by atoms with E-state index in [1.54, 1.807) is 6.92 Å². The van der Waals surface area contributed by atoms with Crippen LogP contribution in [0.5, 0.6) is 11.5 Å². The number of hydrogen-bond donors (Lipinski definition) is 2. The number of rotatable bonds is 1. The molecule has 0 heterocycles. The fourth-order valence-electron chi connectivity index (χ4n) is 1.88. The van der Waals surface area contributed by atoms with E-state index < -0.39 is 0 Å². The molecule has 2 N–H and O–H groups in total. The second kappa shape index (κ2) is 3.89. The van der Waals surface area contributed by atoms with E-state index in [1.165, 1.54) is 12.1 Å². The highest BCUT2D eigenvalue weighted by molar-refractivity contribution is 5.77. The van der Waals surface area contributed by atoms with E-state index in [2.05, 4.69) is 0 Å². The first-order chi connectivity index (χ1) is 7.61. The van der Waals surface area contributed by atoms with Crippen molar-refractivity contribution < 1.29 is 10.2 Å². The summed E-state index contributed by atoms with van der Waals surface area (Å²) in [7, 11) is 0. The molecular formula is C14H14O2. The van der Waals surface area contributed by atoms with Crippen LogP contribution in [-0.4, -0.2) is 10.2 Å². The van der Waals surface area contributed by atoms with Crippen LogP contribution in [0.3, 0.4) is 0 Å². The zero-order valence-corrected chi connectivity index (χ0v) is 9.36. The van der Waals surface area contributed by atoms with Crippen LogP contribution in [0.1, 0.15) is 11.1 Å². The molecule has 0 aromatic heterocycles. The predicted octanol–water partition coefficient (Wildman–Crippen LogP) is 3.38. The van der Waals surface area contributed by atoms with Gasteiger partial charge in [-0.1, -0.05) is 24.3 Å². The van der Waals surface area contributed by atoms with E-state index in [1.807, 2.05) is 31.2 Å². The molecule has 0 bridgehead atoms. The summed E-state index contributed by atoms with van der Waals surface area (Å²) in [6, 6.07) is 10.8. The van der Waals surface area contributed by atoms with Gasteiger partial charge in [0.2, 0.25) is 0 Å². The van der Waals surface area contributed by atoms with Gasteiger partial charge in [0, 0.05) is 11.1 Å². The lowest BCUT2D eigenvalue weighted by molar-refractivity contribution is 0.458. The summed E-state index contributed by atoms with van der Waals surface area (Å²) in [5.74, 6) is 0.403. The summed E-state index contributed by atoms with van der Waals surface area (Å²) in [4.78, 5) is 0. The van der Waals surface area contributed by atoms with Gasteiger partial charge < -0.3 is 10.2 Å². The van der Waals surface area contributed by atoms with Crippen LogP contribution >= 0.6 is 0 Å². The molecule has 0 amide bonds. The molecule has 0 saturated carbocycles. The van der Waals surface area contributed by atoms with Gasteiger partial charge in [-0.2, -0.15) is 0 Å². The minimum Gasteiger partial charge on any atom is -0.508 e. The second-order valence-corrected chi connectivity index (χ2v) is 3.92. The highest BCUT2D eigenvalue weighted by Crippen LogP contribution is 2.38. The zero-order chi connectivity index (χ0) is 11.7. The van der Waals surface area contributed by atoms with Gasteiger partial charge in [-0.05, 0) is 37.1 Å². The van der Waals surface area contributed by atoms with E-state index in [9.17, 15) is 10.2 Å². The Balaban J connectivity index is 2.74. The minimum absolute atomic E-state index is 0.199. The summed E-state index contributed by atoms with van der Waals surface area (Å²) >= 11 is 0. The van der Waals surface area contributed by atoms with Gasteiger partial charge >= 0.3 is 0 Å². The molecule has 0 fully saturated rings. The Labute approximate surface area is 94.8 Å². The van der Waals surface area contributed by atoms with Crippen molar-refractivity contribution in [1.82, 2.24) is 0 Å². The fourth-order valence-corrected chi connectivity index (χ4v) is 1.88. The summed E-state index contributed by atoms with van der Waals surface area (Å²) in [5.41, 5.74) is 3.44. The van der Waals surface area contributed by atoms with Gasteiger partial charge in [-0.3, -0.25) is 0 Å². The Morgan fingerprint density at radius 1 is 0.812 bits per heavy atom. The molecule has 0 radical (unpaired) electrons. The Kier molecular flexibility index (Phi) is 2.57. The van der Waals surface area contributed by atoms with Crippen LogP contribution in [0.4, 0.5) is 0 Å². The minimum atomic E-state index is 0.199. The maximum absolute atomic E-state index is 9.88. The van der Waals surface area contributed by atoms with Crippen molar-refractivity contribution >= 4 is 0 Å². The third-order valence-corrected chi connectivity index (χ3v) is 2.83. The molecule has 0 spiro atoms. The molecule has 0 aliphatic carbocycles. The molecule has 0 unspecified atom stereocenters. The molecule has 2 nitrogen and oxygen atoms in total. The molecule has 0 aliphatic heterocycles. The van der Waals surface area contributed by atoms with Crippen LogP contribution < -0.4 is 0 Å². The highest BCUT2D eigenvalue weighted by atomic mass is 16.3. The van der Waals surface area contributed by atoms with Crippen LogP contribution in [-0.2, 0) is 0 Å². The van der Waals surface area contributed by atoms with Crippen LogP contribution in [0, 0.1) is 13.8 Å². The van der Waals surface area contributed by atoms with E-state index >= 15 is 0 Å². The van der Waals surface area contributed by atoms with Crippen molar-refractivity contribution in [2.75, 3.05) is 0 Å². The summed E-state index contributed by atoms with van der Waals surface area (Å²) in [5, 5.41) is 19.5. The van der Waals surface area contributed by atoms with Crippen LogP contribution in [0.25, 0.3) is 11.1 Å². The van der Waals surface area contributed by atoms with Gasteiger partial charge in [-0.15, -0.1) is 0 Å². The summed E-state index contributed by atoms with van der Waals surface area (Å²) < 4.78 is 0. The molecule has 2 heteroatoms. The summed E-state index contributed by atoms with van der Waals surface area (Å²) in [6.07, 6.45) is 0. The maximum atomic E-state index is 9.88. The second-order valence-electron chi connectivity index (χ2n) is 3.92. The van der Waals surface area contributed by atoms with Gasteiger partial charge in [-0.25, -0.2) is 0 Å². The van der Waals surface area contributed by atoms with Crippen molar-refractivity contribution in [2.45, 2.75) is 13.8 Å². The molecule has 0 aliphatic rings. The Hall–Kier alpha value is -1.96. The maximum Gasteiger partial charge on any atom is 0.123 e. The molecule has 0 saturated heterocycles. The molecule has 2 aromatic carbocycles. The van der Waals surface area contributed by atoms with Crippen molar-refractivity contribution in [3.8, 4) is 22.6 Å². The number of aromatic hydroxyl groups is 2. The van der Waals surface area contributed by atoms with Crippen LogP contribution in [0.15, 0.2) is 36.4 Å². The van der Waals surface area contributed by atoms with Gasteiger partial charge in [0.15, 0.2) is 0 Å². The molecule has 82 valence electrons. The van der Waals surface area contributed by atoms with Crippen LogP contribution in [0.2, 0.25) is 0 Å². The summed E-state index contributed by atoms with van der Waals surface area (Å²) in [6.45, 7) is 3.79. The van der Waals surface area contributed by atoms with E-state index in [0.29, 0.717) is 11.1 Å². The zero-order valence-electron chi connectivity index (χ0n) is 9.36. The van der Waals surface area contributed by atoms with Crippen molar-refractivity contribution in [1.29, 1.82) is 0 Å². The monoisotopic (exact) mass is 214 g/mol. The third-order valence-electron chi connectivity index (χ3n) is 2.83. The number of benzene rings is 2. The van der Waals surface area contributed by atoms with Crippen molar-refractivity contribution in [3.63, 3.8) is 0 Å². The lowest BCUT2D eigenvalue weighted by atomic mass is 9.95. The smallest absolute Gasteiger partial charge is 0.123 e. The first-order valence-electron chi connectivity index (χ1n) is 5.19.